The van der Waals surface area contributed by atoms with E-state index < -0.39 is 5.82 Å². The Hall–Kier alpha value is -2.08. The molecule has 0 atom stereocenters. The molecule has 1 aliphatic heterocycles. The number of nitrogens with zero attached hydrogens (tertiary/aromatic N) is 1. The number of nitrogens with one attached hydrogen (secondary N) is 2. The summed E-state index contributed by atoms with van der Waals surface area (Å²) in [5.41, 5.74) is 3.88. The van der Waals surface area contributed by atoms with E-state index in [0.29, 0.717) is 24.7 Å². The summed E-state index contributed by atoms with van der Waals surface area (Å²) in [6.45, 7) is 2.14. The molecule has 2 N–H and O–H groups in total. The van der Waals surface area contributed by atoms with Crippen LogP contribution in [0, 0.1) is 5.82 Å². The lowest BCUT2D eigenvalue weighted by molar-refractivity contribution is -0.122. The Balaban J connectivity index is 1.40. The quantitative estimate of drug-likeness (QED) is 0.679. The van der Waals surface area contributed by atoms with Crippen molar-refractivity contribution in [2.75, 3.05) is 13.1 Å². The number of rotatable bonds is 4. The predicted octanol–water partition coefficient (Wildman–Crippen LogP) is 4.29. The van der Waals surface area contributed by atoms with Gasteiger partial charge in [-0.1, -0.05) is 35.3 Å². The normalized spacial score (nSPS) is 14.3. The van der Waals surface area contributed by atoms with Crippen molar-refractivity contribution in [3.8, 4) is 0 Å². The number of amides is 1. The molecule has 0 aliphatic carbocycles. The first kappa shape index (κ1) is 18.3. The van der Waals surface area contributed by atoms with Crippen LogP contribution < -0.4 is 5.32 Å². The third-order valence-corrected chi connectivity index (χ3v) is 5.37. The molecule has 1 aromatic heterocycles. The number of aromatic amines is 1. The van der Waals surface area contributed by atoms with Gasteiger partial charge in [-0.05, 0) is 41.8 Å². The second-order valence-corrected chi connectivity index (χ2v) is 7.60. The van der Waals surface area contributed by atoms with Gasteiger partial charge in [0.1, 0.15) is 5.82 Å². The van der Waals surface area contributed by atoms with E-state index >= 15 is 0 Å². The molecule has 7 heteroatoms. The molecule has 140 valence electrons. The van der Waals surface area contributed by atoms with Crippen molar-refractivity contribution in [1.82, 2.24) is 15.2 Å². The molecular formula is C20H18Cl2FN3O. The second-order valence-electron chi connectivity index (χ2n) is 6.76. The molecule has 4 nitrogen and oxygen atoms in total. The summed E-state index contributed by atoms with van der Waals surface area (Å²) < 4.78 is 13.7. The van der Waals surface area contributed by atoms with Crippen LogP contribution in [0.4, 0.5) is 4.39 Å². The van der Waals surface area contributed by atoms with Gasteiger partial charge >= 0.3 is 0 Å². The van der Waals surface area contributed by atoms with Gasteiger partial charge in [0.05, 0.1) is 11.6 Å². The summed E-state index contributed by atoms with van der Waals surface area (Å²) in [6.07, 6.45) is 0.791. The molecule has 0 unspecified atom stereocenters. The topological polar surface area (TPSA) is 48.1 Å². The second kappa shape index (κ2) is 7.50. The summed E-state index contributed by atoms with van der Waals surface area (Å²) in [6, 6.07) is 10.5. The standard InChI is InChI=1S/C20H18Cl2FN3O/c21-13-3-1-2-12(6-13)9-24-20(27)11-26-5-4-14-15-7-16(22)17(23)8-18(15)25-19(14)10-26/h1-3,6-8,25H,4-5,9-11H2,(H,24,27). The lowest BCUT2D eigenvalue weighted by Crippen LogP contribution is -2.39. The first-order chi connectivity index (χ1) is 13.0. The summed E-state index contributed by atoms with van der Waals surface area (Å²) in [5, 5.41) is 4.67. The largest absolute Gasteiger partial charge is 0.357 e. The van der Waals surface area contributed by atoms with Crippen LogP contribution in [0.25, 0.3) is 10.9 Å². The van der Waals surface area contributed by atoms with Crippen molar-refractivity contribution >= 4 is 40.0 Å². The molecule has 1 amide bonds. The highest BCUT2D eigenvalue weighted by Crippen LogP contribution is 2.31. The van der Waals surface area contributed by atoms with E-state index in [9.17, 15) is 9.18 Å². The molecule has 2 heterocycles. The zero-order chi connectivity index (χ0) is 19.0. The number of carbonyl (C=O) groups excluding carboxylic acids is 1. The summed E-state index contributed by atoms with van der Waals surface area (Å²) in [7, 11) is 0. The van der Waals surface area contributed by atoms with Gasteiger partial charge in [-0.3, -0.25) is 9.69 Å². The maximum atomic E-state index is 13.7. The zero-order valence-electron chi connectivity index (χ0n) is 14.5. The lowest BCUT2D eigenvalue weighted by Gasteiger charge is -2.26. The Morgan fingerprint density at radius 2 is 2.11 bits per heavy atom. The minimum Gasteiger partial charge on any atom is -0.357 e. The fourth-order valence-corrected chi connectivity index (χ4v) is 3.91. The van der Waals surface area contributed by atoms with Gasteiger partial charge in [0, 0.05) is 41.3 Å². The minimum atomic E-state index is -0.431. The van der Waals surface area contributed by atoms with Gasteiger partial charge in [0.2, 0.25) is 5.91 Å². The smallest absolute Gasteiger partial charge is 0.234 e. The van der Waals surface area contributed by atoms with E-state index in [1.165, 1.54) is 6.07 Å². The number of hydrogen-bond donors (Lipinski definition) is 2. The average Bonchev–Trinajstić information content (AvgIpc) is 2.97. The third-order valence-electron chi connectivity index (χ3n) is 4.84. The van der Waals surface area contributed by atoms with Crippen LogP contribution in [0.2, 0.25) is 10.0 Å². The van der Waals surface area contributed by atoms with Crippen molar-refractivity contribution in [3.05, 3.63) is 69.1 Å². The van der Waals surface area contributed by atoms with Gasteiger partial charge < -0.3 is 10.3 Å². The lowest BCUT2D eigenvalue weighted by atomic mass is 10.0. The molecule has 3 aromatic rings. The average molecular weight is 406 g/mol. The van der Waals surface area contributed by atoms with Gasteiger partial charge in [0.15, 0.2) is 0 Å². The van der Waals surface area contributed by atoms with Crippen molar-refractivity contribution < 1.29 is 9.18 Å². The summed E-state index contributed by atoms with van der Waals surface area (Å²) in [4.78, 5) is 17.6. The minimum absolute atomic E-state index is 0.0383. The van der Waals surface area contributed by atoms with Crippen molar-refractivity contribution in [3.63, 3.8) is 0 Å². The number of hydrogen-bond acceptors (Lipinski definition) is 2. The molecule has 0 radical (unpaired) electrons. The first-order valence-corrected chi connectivity index (χ1v) is 9.47. The zero-order valence-corrected chi connectivity index (χ0v) is 16.0. The fraction of sp³-hybridized carbons (Fsp3) is 0.250. The molecule has 2 aromatic carbocycles. The van der Waals surface area contributed by atoms with E-state index in [1.54, 1.807) is 12.1 Å². The first-order valence-electron chi connectivity index (χ1n) is 8.71. The van der Waals surface area contributed by atoms with Gasteiger partial charge in [-0.25, -0.2) is 4.39 Å². The number of fused-ring (bicyclic) bond motifs is 3. The van der Waals surface area contributed by atoms with Crippen LogP contribution in [-0.2, 0) is 24.3 Å². The summed E-state index contributed by atoms with van der Waals surface area (Å²) >= 11 is 11.9. The Morgan fingerprint density at radius 3 is 2.93 bits per heavy atom. The molecule has 27 heavy (non-hydrogen) atoms. The van der Waals surface area contributed by atoms with Crippen LogP contribution in [0.1, 0.15) is 16.8 Å². The van der Waals surface area contributed by atoms with E-state index in [-0.39, 0.29) is 10.9 Å². The van der Waals surface area contributed by atoms with E-state index in [4.69, 9.17) is 23.2 Å². The van der Waals surface area contributed by atoms with Crippen molar-refractivity contribution in [1.29, 1.82) is 0 Å². The number of benzene rings is 2. The van der Waals surface area contributed by atoms with Gasteiger partial charge in [0.25, 0.3) is 0 Å². The Kier molecular flexibility index (Phi) is 5.08. The summed E-state index contributed by atoms with van der Waals surface area (Å²) in [5.74, 6) is -0.469. The van der Waals surface area contributed by atoms with Crippen LogP contribution in [0.5, 0.6) is 0 Å². The van der Waals surface area contributed by atoms with Crippen LogP contribution in [0.15, 0.2) is 36.4 Å². The number of halogens is 3. The highest BCUT2D eigenvalue weighted by molar-refractivity contribution is 6.31. The molecule has 0 saturated heterocycles. The van der Waals surface area contributed by atoms with Crippen molar-refractivity contribution in [2.24, 2.45) is 0 Å². The van der Waals surface area contributed by atoms with Crippen molar-refractivity contribution in [2.45, 2.75) is 19.5 Å². The predicted molar refractivity (Wildman–Crippen MR) is 106 cm³/mol. The third kappa shape index (κ3) is 3.95. The van der Waals surface area contributed by atoms with Crippen LogP contribution in [-0.4, -0.2) is 28.9 Å². The molecule has 1 aliphatic rings. The van der Waals surface area contributed by atoms with E-state index in [2.05, 4.69) is 15.2 Å². The molecule has 0 spiro atoms. The molecule has 0 bridgehead atoms. The van der Waals surface area contributed by atoms with E-state index in [1.807, 2.05) is 18.2 Å². The number of aromatic nitrogens is 1. The van der Waals surface area contributed by atoms with Gasteiger partial charge in [-0.15, -0.1) is 0 Å². The number of carbonyl (C=O) groups is 1. The molecular weight excluding hydrogens is 388 g/mol. The van der Waals surface area contributed by atoms with E-state index in [0.717, 1.165) is 40.7 Å². The maximum absolute atomic E-state index is 13.7. The van der Waals surface area contributed by atoms with Gasteiger partial charge in [-0.2, -0.15) is 0 Å². The maximum Gasteiger partial charge on any atom is 0.234 e. The van der Waals surface area contributed by atoms with Crippen LogP contribution >= 0.6 is 23.2 Å². The molecule has 0 fully saturated rings. The molecule has 4 rings (SSSR count). The Labute approximate surface area is 166 Å². The molecule has 0 saturated carbocycles. The van der Waals surface area contributed by atoms with Crippen LogP contribution in [0.3, 0.4) is 0 Å². The fourth-order valence-electron chi connectivity index (χ4n) is 3.54. The Morgan fingerprint density at radius 1 is 1.26 bits per heavy atom. The highest BCUT2D eigenvalue weighted by Gasteiger charge is 2.22. The Bertz CT molecular complexity index is 1020. The highest BCUT2D eigenvalue weighted by atomic mass is 35.5. The number of H-pyrrole nitrogens is 1. The SMILES string of the molecule is O=C(CN1CCc2c([nH]c3cc(F)c(Cl)cc23)C1)NCc1cccc(Cl)c1. The monoisotopic (exact) mass is 405 g/mol.